The minimum atomic E-state index is -1.34. The van der Waals surface area contributed by atoms with Crippen LogP contribution in [-0.2, 0) is 0 Å². The Kier molecular flexibility index (Phi) is 2.77. The summed E-state index contributed by atoms with van der Waals surface area (Å²) in [6.45, 7) is 7.27. The lowest BCUT2D eigenvalue weighted by Crippen LogP contribution is -2.37. The largest absolute Gasteiger partial charge is 0.308 e. The van der Waals surface area contributed by atoms with Crippen molar-refractivity contribution in [3.05, 3.63) is 72.8 Å². The first-order valence-corrected chi connectivity index (χ1v) is 13.1. The molecule has 0 saturated heterocycles. The number of fused-ring (bicyclic) bond motifs is 8. The Balaban J connectivity index is 1.90. The Morgan fingerprint density at radius 2 is 1.37 bits per heavy atom. The molecule has 2 heterocycles. The van der Waals surface area contributed by atoms with Gasteiger partial charge in [0.25, 0.3) is 0 Å². The van der Waals surface area contributed by atoms with Crippen LogP contribution >= 0.6 is 0 Å². The number of aromatic nitrogens is 1. The lowest BCUT2D eigenvalue weighted by atomic mass is 10.0. The summed E-state index contributed by atoms with van der Waals surface area (Å²) < 4.78 is 2.48. The third-order valence-corrected chi connectivity index (χ3v) is 8.11. The monoisotopic (exact) mass is 363 g/mol. The van der Waals surface area contributed by atoms with Gasteiger partial charge >= 0.3 is 0 Å². The van der Waals surface area contributed by atoms with E-state index in [1.165, 1.54) is 54.1 Å². The second kappa shape index (κ2) is 4.90. The van der Waals surface area contributed by atoms with Crippen molar-refractivity contribution in [3.8, 4) is 0 Å². The van der Waals surface area contributed by atoms with Crippen LogP contribution in [0.1, 0.15) is 0 Å². The summed E-state index contributed by atoms with van der Waals surface area (Å²) in [4.78, 5) is 0. The van der Waals surface area contributed by atoms with E-state index < -0.39 is 8.07 Å². The quantitative estimate of drug-likeness (QED) is 0.292. The van der Waals surface area contributed by atoms with Crippen molar-refractivity contribution in [2.24, 2.45) is 0 Å². The van der Waals surface area contributed by atoms with Gasteiger partial charge in [-0.1, -0.05) is 85.5 Å². The summed E-state index contributed by atoms with van der Waals surface area (Å²) >= 11 is 0. The number of nitrogens with zero attached hydrogens (tertiary/aromatic N) is 1. The lowest BCUT2D eigenvalue weighted by molar-refractivity contribution is 1.37. The highest BCUT2D eigenvalue weighted by Crippen LogP contribution is 2.41. The van der Waals surface area contributed by atoms with Gasteiger partial charge in [0.2, 0.25) is 0 Å². The molecule has 0 aliphatic carbocycles. The smallest absolute Gasteiger partial charge is 0.0776 e. The molecule has 2 heteroatoms. The highest BCUT2D eigenvalue weighted by Gasteiger charge is 2.21. The molecule has 0 amide bonds. The fourth-order valence-corrected chi connectivity index (χ4v) is 5.88. The van der Waals surface area contributed by atoms with E-state index in [0.717, 1.165) is 0 Å². The second-order valence-corrected chi connectivity index (χ2v) is 13.8. The van der Waals surface area contributed by atoms with Gasteiger partial charge in [0, 0.05) is 21.5 Å². The SMILES string of the molecule is C[Si](C)(C)c1ccc2c(c1)c1cccc3c4c5ccccc5ccc4n2c13. The summed E-state index contributed by atoms with van der Waals surface area (Å²) in [5, 5.41) is 9.70. The van der Waals surface area contributed by atoms with Gasteiger partial charge in [-0.25, -0.2) is 0 Å². The molecular weight excluding hydrogens is 342 g/mol. The van der Waals surface area contributed by atoms with Crippen LogP contribution in [0.3, 0.4) is 0 Å². The molecule has 0 aliphatic rings. The molecule has 4 aromatic carbocycles. The third-order valence-electron chi connectivity index (χ3n) is 6.07. The van der Waals surface area contributed by atoms with Crippen LogP contribution in [0.4, 0.5) is 0 Å². The van der Waals surface area contributed by atoms with E-state index in [0.29, 0.717) is 0 Å². The van der Waals surface area contributed by atoms with Crippen LogP contribution in [0.5, 0.6) is 0 Å². The summed E-state index contributed by atoms with van der Waals surface area (Å²) in [5.41, 5.74) is 4.01. The van der Waals surface area contributed by atoms with Crippen molar-refractivity contribution in [3.63, 3.8) is 0 Å². The summed E-state index contributed by atoms with van der Waals surface area (Å²) in [6.07, 6.45) is 0. The molecule has 0 N–H and O–H groups in total. The number of benzene rings is 4. The predicted molar refractivity (Wildman–Crippen MR) is 122 cm³/mol. The molecule has 6 aromatic rings. The van der Waals surface area contributed by atoms with E-state index in [-0.39, 0.29) is 0 Å². The standard InChI is InChI=1S/C25H21NSi/c1-27(2,3)17-12-14-22-21(15-17)19-9-6-10-20-24-18-8-5-4-7-16(18)11-13-23(24)26(22)25(19)20/h4-15H,1-3H3. The van der Waals surface area contributed by atoms with Crippen molar-refractivity contribution in [1.29, 1.82) is 0 Å². The van der Waals surface area contributed by atoms with Gasteiger partial charge in [-0.05, 0) is 22.9 Å². The van der Waals surface area contributed by atoms with E-state index in [1.807, 2.05) is 0 Å². The highest BCUT2D eigenvalue weighted by molar-refractivity contribution is 6.88. The van der Waals surface area contributed by atoms with E-state index in [4.69, 9.17) is 0 Å². The third kappa shape index (κ3) is 1.88. The Labute approximate surface area is 159 Å². The van der Waals surface area contributed by atoms with Gasteiger partial charge in [-0.15, -0.1) is 0 Å². The van der Waals surface area contributed by atoms with E-state index in [9.17, 15) is 0 Å². The molecule has 130 valence electrons. The van der Waals surface area contributed by atoms with Gasteiger partial charge in [0.05, 0.1) is 24.6 Å². The van der Waals surface area contributed by atoms with Gasteiger partial charge in [0.15, 0.2) is 0 Å². The number of hydrogen-bond donors (Lipinski definition) is 0. The van der Waals surface area contributed by atoms with Crippen LogP contribution in [0, 0.1) is 0 Å². The van der Waals surface area contributed by atoms with Crippen molar-refractivity contribution < 1.29 is 0 Å². The molecule has 1 nitrogen and oxygen atoms in total. The van der Waals surface area contributed by atoms with E-state index in [1.54, 1.807) is 0 Å². The fourth-order valence-electron chi connectivity index (χ4n) is 4.72. The van der Waals surface area contributed by atoms with Crippen molar-refractivity contribution >= 4 is 62.1 Å². The minimum Gasteiger partial charge on any atom is -0.308 e. The molecule has 0 aliphatic heterocycles. The average Bonchev–Trinajstić information content (AvgIpc) is 3.18. The van der Waals surface area contributed by atoms with Crippen molar-refractivity contribution in [1.82, 2.24) is 4.40 Å². The molecule has 0 unspecified atom stereocenters. The molecule has 0 saturated carbocycles. The molecule has 0 radical (unpaired) electrons. The maximum Gasteiger partial charge on any atom is 0.0776 e. The Hall–Kier alpha value is -2.84. The van der Waals surface area contributed by atoms with Gasteiger partial charge in [0.1, 0.15) is 0 Å². The summed E-state index contributed by atoms with van der Waals surface area (Å²) in [5.74, 6) is 0. The molecule has 0 fully saturated rings. The first kappa shape index (κ1) is 15.2. The number of para-hydroxylation sites is 1. The zero-order valence-electron chi connectivity index (χ0n) is 15.9. The maximum absolute atomic E-state index is 2.48. The Morgan fingerprint density at radius 1 is 0.630 bits per heavy atom. The van der Waals surface area contributed by atoms with Gasteiger partial charge in [-0.3, -0.25) is 0 Å². The predicted octanol–water partition coefficient (Wildman–Crippen LogP) is 6.54. The molecule has 27 heavy (non-hydrogen) atoms. The molecule has 0 atom stereocenters. The van der Waals surface area contributed by atoms with Crippen LogP contribution in [-0.4, -0.2) is 12.5 Å². The average molecular weight is 364 g/mol. The second-order valence-electron chi connectivity index (χ2n) is 8.70. The number of hydrogen-bond acceptors (Lipinski definition) is 0. The van der Waals surface area contributed by atoms with E-state index >= 15 is 0 Å². The first-order chi connectivity index (χ1) is 13.0. The van der Waals surface area contributed by atoms with Crippen LogP contribution < -0.4 is 5.19 Å². The van der Waals surface area contributed by atoms with Crippen LogP contribution in [0.25, 0.3) is 48.9 Å². The first-order valence-electron chi connectivity index (χ1n) is 9.64. The molecule has 6 rings (SSSR count). The zero-order chi connectivity index (χ0) is 18.3. The molecule has 0 spiro atoms. The Bertz CT molecular complexity index is 1500. The fraction of sp³-hybridized carbons (Fsp3) is 0.120. The lowest BCUT2D eigenvalue weighted by Gasteiger charge is -2.16. The van der Waals surface area contributed by atoms with Gasteiger partial charge < -0.3 is 4.40 Å². The van der Waals surface area contributed by atoms with Crippen molar-refractivity contribution in [2.75, 3.05) is 0 Å². The molecule has 0 bridgehead atoms. The van der Waals surface area contributed by atoms with Crippen LogP contribution in [0.2, 0.25) is 19.6 Å². The topological polar surface area (TPSA) is 4.41 Å². The maximum atomic E-state index is 2.48. The number of rotatable bonds is 1. The highest BCUT2D eigenvalue weighted by atomic mass is 28.3. The Morgan fingerprint density at radius 3 is 2.22 bits per heavy atom. The molecular formula is C25H21NSi. The summed E-state index contributed by atoms with van der Waals surface area (Å²) in [7, 11) is -1.34. The summed E-state index contributed by atoms with van der Waals surface area (Å²) in [6, 6.07) is 27.2. The normalized spacial score (nSPS) is 13.0. The zero-order valence-corrected chi connectivity index (χ0v) is 16.9. The van der Waals surface area contributed by atoms with Crippen LogP contribution in [0.15, 0.2) is 72.8 Å². The molecule has 2 aromatic heterocycles. The van der Waals surface area contributed by atoms with E-state index in [2.05, 4.69) is 96.8 Å². The minimum absolute atomic E-state index is 1.31. The van der Waals surface area contributed by atoms with Gasteiger partial charge in [-0.2, -0.15) is 0 Å². The van der Waals surface area contributed by atoms with Crippen molar-refractivity contribution in [2.45, 2.75) is 19.6 Å².